The minimum absolute atomic E-state index is 0.0477. The van der Waals surface area contributed by atoms with E-state index in [1.54, 1.807) is 21.5 Å². The molecular weight excluding hydrogens is 290 g/mol. The monoisotopic (exact) mass is 309 g/mol. The molecule has 0 radical (unpaired) electrons. The first-order valence-electron chi connectivity index (χ1n) is 7.65. The second-order valence-electron chi connectivity index (χ2n) is 5.22. The molecule has 0 aliphatic carbocycles. The van der Waals surface area contributed by atoms with Gasteiger partial charge in [0.1, 0.15) is 5.82 Å². The molecule has 0 spiro atoms. The van der Waals surface area contributed by atoms with Crippen LogP contribution in [0.5, 0.6) is 0 Å². The highest BCUT2D eigenvalue weighted by molar-refractivity contribution is 5.96. The summed E-state index contributed by atoms with van der Waals surface area (Å²) in [4.78, 5) is 18.7. The molecule has 1 aromatic carbocycles. The quantitative estimate of drug-likeness (QED) is 0.803. The number of hydrogen-bond acceptors (Lipinski definition) is 4. The van der Waals surface area contributed by atoms with E-state index in [4.69, 9.17) is 5.73 Å². The van der Waals surface area contributed by atoms with Gasteiger partial charge in [-0.15, -0.1) is 5.10 Å². The Hall–Kier alpha value is -2.89. The van der Waals surface area contributed by atoms with E-state index in [0.717, 1.165) is 5.56 Å². The largest absolute Gasteiger partial charge is 0.384 e. The van der Waals surface area contributed by atoms with Gasteiger partial charge in [-0.3, -0.25) is 4.79 Å². The van der Waals surface area contributed by atoms with Crippen molar-refractivity contribution in [2.45, 2.75) is 13.8 Å². The Labute approximate surface area is 134 Å². The van der Waals surface area contributed by atoms with E-state index in [-0.39, 0.29) is 5.91 Å². The van der Waals surface area contributed by atoms with Gasteiger partial charge in [-0.1, -0.05) is 30.3 Å². The molecule has 0 aliphatic rings. The van der Waals surface area contributed by atoms with Gasteiger partial charge in [-0.05, 0) is 26.0 Å². The molecule has 118 valence electrons. The third kappa shape index (κ3) is 2.75. The van der Waals surface area contributed by atoms with Gasteiger partial charge in [-0.25, -0.2) is 4.98 Å². The predicted octanol–water partition coefficient (Wildman–Crippen LogP) is 2.46. The van der Waals surface area contributed by atoms with Gasteiger partial charge in [0, 0.05) is 24.2 Å². The number of nitrogens with two attached hydrogens (primary N) is 1. The molecule has 6 heteroatoms. The van der Waals surface area contributed by atoms with E-state index in [2.05, 4.69) is 10.1 Å². The van der Waals surface area contributed by atoms with Gasteiger partial charge in [-0.2, -0.15) is 4.52 Å². The molecule has 2 heterocycles. The lowest BCUT2D eigenvalue weighted by molar-refractivity contribution is 0.0773. The fourth-order valence-electron chi connectivity index (χ4n) is 2.54. The fourth-order valence-corrected chi connectivity index (χ4v) is 2.54. The van der Waals surface area contributed by atoms with E-state index in [0.29, 0.717) is 35.9 Å². The zero-order valence-corrected chi connectivity index (χ0v) is 13.2. The molecule has 0 unspecified atom stereocenters. The van der Waals surface area contributed by atoms with Crippen LogP contribution >= 0.6 is 0 Å². The highest BCUT2D eigenvalue weighted by Gasteiger charge is 2.16. The summed E-state index contributed by atoms with van der Waals surface area (Å²) < 4.78 is 1.56. The minimum Gasteiger partial charge on any atom is -0.384 e. The molecular formula is C17H19N5O. The summed E-state index contributed by atoms with van der Waals surface area (Å²) in [7, 11) is 0. The SMILES string of the molecule is CCN(CC)C(=O)c1cc(N)n2nc(-c3ccccc3)nc2c1. The lowest BCUT2D eigenvalue weighted by Gasteiger charge is -2.18. The van der Waals surface area contributed by atoms with Crippen molar-refractivity contribution in [1.29, 1.82) is 0 Å². The maximum absolute atomic E-state index is 12.5. The second kappa shape index (κ2) is 6.08. The molecule has 0 bridgehead atoms. The highest BCUT2D eigenvalue weighted by atomic mass is 16.2. The van der Waals surface area contributed by atoms with Crippen LogP contribution in [0.4, 0.5) is 5.82 Å². The van der Waals surface area contributed by atoms with Gasteiger partial charge in [0.05, 0.1) is 0 Å². The average Bonchev–Trinajstić information content (AvgIpc) is 3.01. The first-order chi connectivity index (χ1) is 11.1. The summed E-state index contributed by atoms with van der Waals surface area (Å²) in [6, 6.07) is 13.1. The van der Waals surface area contributed by atoms with Crippen LogP contribution < -0.4 is 5.73 Å². The topological polar surface area (TPSA) is 76.5 Å². The Balaban J connectivity index is 2.07. The number of nitrogen functional groups attached to an aromatic ring is 1. The van der Waals surface area contributed by atoms with Crippen molar-refractivity contribution in [2.24, 2.45) is 0 Å². The second-order valence-corrected chi connectivity index (χ2v) is 5.22. The van der Waals surface area contributed by atoms with Crippen molar-refractivity contribution >= 4 is 17.4 Å². The van der Waals surface area contributed by atoms with Crippen molar-refractivity contribution in [3.63, 3.8) is 0 Å². The first kappa shape index (κ1) is 15.0. The molecule has 23 heavy (non-hydrogen) atoms. The molecule has 3 aromatic rings. The Morgan fingerprint density at radius 2 is 1.87 bits per heavy atom. The van der Waals surface area contributed by atoms with Crippen LogP contribution in [-0.2, 0) is 0 Å². The molecule has 0 aliphatic heterocycles. The predicted molar refractivity (Wildman–Crippen MR) is 90.1 cm³/mol. The summed E-state index contributed by atoms with van der Waals surface area (Å²) in [5, 5.41) is 4.42. The minimum atomic E-state index is -0.0477. The molecule has 0 fully saturated rings. The molecule has 0 atom stereocenters. The number of carbonyl (C=O) groups is 1. The van der Waals surface area contributed by atoms with E-state index in [9.17, 15) is 4.79 Å². The number of rotatable bonds is 4. The highest BCUT2D eigenvalue weighted by Crippen LogP contribution is 2.19. The average molecular weight is 309 g/mol. The van der Waals surface area contributed by atoms with Crippen LogP contribution in [0.3, 0.4) is 0 Å². The summed E-state index contributed by atoms with van der Waals surface area (Å²) in [5.74, 6) is 0.936. The van der Waals surface area contributed by atoms with Crippen molar-refractivity contribution in [1.82, 2.24) is 19.5 Å². The van der Waals surface area contributed by atoms with E-state index >= 15 is 0 Å². The number of hydrogen-bond donors (Lipinski definition) is 1. The van der Waals surface area contributed by atoms with Crippen LogP contribution in [0, 0.1) is 0 Å². The van der Waals surface area contributed by atoms with Crippen molar-refractivity contribution in [3.8, 4) is 11.4 Å². The zero-order valence-electron chi connectivity index (χ0n) is 13.2. The van der Waals surface area contributed by atoms with Gasteiger partial charge in [0.2, 0.25) is 0 Å². The molecule has 2 aromatic heterocycles. The van der Waals surface area contributed by atoms with Gasteiger partial charge >= 0.3 is 0 Å². The van der Waals surface area contributed by atoms with Crippen LogP contribution in [0.1, 0.15) is 24.2 Å². The smallest absolute Gasteiger partial charge is 0.254 e. The van der Waals surface area contributed by atoms with Crippen LogP contribution in [-0.4, -0.2) is 38.5 Å². The van der Waals surface area contributed by atoms with Gasteiger partial charge in [0.15, 0.2) is 11.5 Å². The standard InChI is InChI=1S/C17H19N5O/c1-3-21(4-2)17(23)13-10-14(18)22-15(11-13)19-16(20-22)12-8-6-5-7-9-12/h5-11H,3-4,18H2,1-2H3. The summed E-state index contributed by atoms with van der Waals surface area (Å²) in [6.07, 6.45) is 0. The van der Waals surface area contributed by atoms with Crippen LogP contribution in [0.15, 0.2) is 42.5 Å². The number of anilines is 1. The van der Waals surface area contributed by atoms with Gasteiger partial charge in [0.25, 0.3) is 5.91 Å². The van der Waals surface area contributed by atoms with Gasteiger partial charge < -0.3 is 10.6 Å². The maximum Gasteiger partial charge on any atom is 0.254 e. The lowest BCUT2D eigenvalue weighted by atomic mass is 10.2. The zero-order chi connectivity index (χ0) is 16.4. The number of benzene rings is 1. The molecule has 3 rings (SSSR count). The Morgan fingerprint density at radius 1 is 1.17 bits per heavy atom. The normalized spacial score (nSPS) is 10.9. The Kier molecular flexibility index (Phi) is 3.97. The van der Waals surface area contributed by atoms with Crippen LogP contribution in [0.25, 0.3) is 17.0 Å². The van der Waals surface area contributed by atoms with Crippen molar-refractivity contribution in [3.05, 3.63) is 48.0 Å². The molecule has 1 amide bonds. The fraction of sp³-hybridized carbons (Fsp3) is 0.235. The maximum atomic E-state index is 12.5. The third-order valence-electron chi connectivity index (χ3n) is 3.79. The van der Waals surface area contributed by atoms with E-state index < -0.39 is 0 Å². The Morgan fingerprint density at radius 3 is 2.52 bits per heavy atom. The first-order valence-corrected chi connectivity index (χ1v) is 7.65. The Bertz CT molecular complexity index is 837. The van der Waals surface area contributed by atoms with Crippen LogP contribution in [0.2, 0.25) is 0 Å². The number of fused-ring (bicyclic) bond motifs is 1. The van der Waals surface area contributed by atoms with Crippen molar-refractivity contribution in [2.75, 3.05) is 18.8 Å². The number of pyridine rings is 1. The molecule has 0 saturated carbocycles. The number of carbonyl (C=O) groups excluding carboxylic acids is 1. The number of amides is 1. The summed E-state index contributed by atoms with van der Waals surface area (Å²) in [6.45, 7) is 5.21. The van der Waals surface area contributed by atoms with E-state index in [1.807, 2.05) is 44.2 Å². The molecule has 6 nitrogen and oxygen atoms in total. The third-order valence-corrected chi connectivity index (χ3v) is 3.79. The molecule has 2 N–H and O–H groups in total. The number of nitrogens with zero attached hydrogens (tertiary/aromatic N) is 4. The molecule has 0 saturated heterocycles. The van der Waals surface area contributed by atoms with Crippen molar-refractivity contribution < 1.29 is 4.79 Å². The number of aromatic nitrogens is 3. The summed E-state index contributed by atoms with van der Waals surface area (Å²) in [5.41, 5.74) is 8.07. The lowest BCUT2D eigenvalue weighted by Crippen LogP contribution is -2.30. The summed E-state index contributed by atoms with van der Waals surface area (Å²) >= 11 is 0. The van der Waals surface area contributed by atoms with E-state index in [1.165, 1.54) is 0 Å².